The number of hydrogen-bond acceptors (Lipinski definition) is 3. The molecule has 1 aliphatic rings. The zero-order valence-electron chi connectivity index (χ0n) is 10.9. The zero-order valence-corrected chi connectivity index (χ0v) is 12.5. The van der Waals surface area contributed by atoms with E-state index in [1.165, 1.54) is 6.07 Å². The maximum Gasteiger partial charge on any atom is 0.173 e. The Morgan fingerprint density at radius 1 is 1.05 bits per heavy atom. The molecule has 2 aromatic rings. The van der Waals surface area contributed by atoms with Crippen molar-refractivity contribution in [1.82, 2.24) is 0 Å². The van der Waals surface area contributed by atoms with E-state index in [0.717, 1.165) is 11.6 Å². The Balaban J connectivity index is 1.99. The van der Waals surface area contributed by atoms with Crippen molar-refractivity contribution in [2.45, 2.75) is 6.04 Å². The number of benzene rings is 2. The van der Waals surface area contributed by atoms with Gasteiger partial charge in [-0.25, -0.2) is 8.78 Å². The Bertz CT molecular complexity index is 694. The quantitative estimate of drug-likeness (QED) is 0.838. The number of ether oxygens (including phenoxy) is 2. The minimum absolute atomic E-state index is 0.0323. The molecule has 3 nitrogen and oxygen atoms in total. The summed E-state index contributed by atoms with van der Waals surface area (Å²) in [5.74, 6) is -0.602. The highest BCUT2D eigenvalue weighted by Gasteiger charge is 2.20. The van der Waals surface area contributed by atoms with E-state index in [9.17, 15) is 8.78 Å². The van der Waals surface area contributed by atoms with Gasteiger partial charge < -0.3 is 15.2 Å². The van der Waals surface area contributed by atoms with Gasteiger partial charge >= 0.3 is 0 Å². The van der Waals surface area contributed by atoms with Crippen LogP contribution in [0.5, 0.6) is 11.5 Å². The van der Waals surface area contributed by atoms with Crippen molar-refractivity contribution in [3.63, 3.8) is 0 Å². The first kappa shape index (κ1) is 14.3. The molecule has 1 aliphatic heterocycles. The van der Waals surface area contributed by atoms with E-state index in [1.54, 1.807) is 18.2 Å². The number of halogens is 3. The predicted octanol–water partition coefficient (Wildman–Crippen LogP) is 3.55. The van der Waals surface area contributed by atoms with Crippen LogP contribution in [0.15, 0.2) is 34.8 Å². The highest BCUT2D eigenvalue weighted by atomic mass is 79.9. The Labute approximate surface area is 128 Å². The van der Waals surface area contributed by atoms with Gasteiger partial charge in [0.15, 0.2) is 23.1 Å². The summed E-state index contributed by atoms with van der Waals surface area (Å²) in [6, 6.07) is 7.22. The van der Waals surface area contributed by atoms with Gasteiger partial charge in [-0.3, -0.25) is 0 Å². The van der Waals surface area contributed by atoms with E-state index >= 15 is 0 Å². The molecular formula is C15H12BrF2NO2. The number of hydrogen-bond donors (Lipinski definition) is 1. The smallest absolute Gasteiger partial charge is 0.173 e. The van der Waals surface area contributed by atoms with Gasteiger partial charge in [0.2, 0.25) is 0 Å². The fraction of sp³-hybridized carbons (Fsp3) is 0.200. The molecular weight excluding hydrogens is 344 g/mol. The summed E-state index contributed by atoms with van der Waals surface area (Å²) < 4.78 is 37.8. The van der Waals surface area contributed by atoms with E-state index in [1.807, 2.05) is 0 Å². The molecule has 6 heteroatoms. The predicted molar refractivity (Wildman–Crippen MR) is 77.5 cm³/mol. The molecule has 0 bridgehead atoms. The van der Waals surface area contributed by atoms with E-state index in [-0.39, 0.29) is 4.47 Å². The van der Waals surface area contributed by atoms with Crippen LogP contribution in [0.1, 0.15) is 17.2 Å². The molecule has 2 N–H and O–H groups in total. The summed E-state index contributed by atoms with van der Waals surface area (Å²) in [6.45, 7) is 0.980. The summed E-state index contributed by atoms with van der Waals surface area (Å²) in [5.41, 5.74) is 7.34. The molecule has 0 fully saturated rings. The van der Waals surface area contributed by atoms with Crippen LogP contribution in [0.25, 0.3) is 0 Å². The average Bonchev–Trinajstić information content (AvgIpc) is 2.52. The molecule has 0 aromatic heterocycles. The molecule has 0 radical (unpaired) electrons. The van der Waals surface area contributed by atoms with Crippen molar-refractivity contribution in [2.75, 3.05) is 13.2 Å². The second-order valence-electron chi connectivity index (χ2n) is 4.65. The summed E-state index contributed by atoms with van der Waals surface area (Å²) in [4.78, 5) is 0. The fourth-order valence-corrected chi connectivity index (χ4v) is 2.78. The van der Waals surface area contributed by atoms with Crippen LogP contribution in [0.3, 0.4) is 0 Å². The minimum Gasteiger partial charge on any atom is -0.486 e. The molecule has 0 amide bonds. The van der Waals surface area contributed by atoms with Crippen molar-refractivity contribution in [2.24, 2.45) is 5.73 Å². The molecule has 0 saturated heterocycles. The Morgan fingerprint density at radius 2 is 1.76 bits per heavy atom. The van der Waals surface area contributed by atoms with Crippen molar-refractivity contribution >= 4 is 15.9 Å². The van der Waals surface area contributed by atoms with Gasteiger partial charge in [-0.2, -0.15) is 0 Å². The van der Waals surface area contributed by atoms with Crippen LogP contribution in [0.4, 0.5) is 8.78 Å². The van der Waals surface area contributed by atoms with Crippen LogP contribution in [-0.2, 0) is 0 Å². The first-order valence-electron chi connectivity index (χ1n) is 6.36. The molecule has 0 spiro atoms. The lowest BCUT2D eigenvalue weighted by atomic mass is 9.99. The van der Waals surface area contributed by atoms with Crippen molar-refractivity contribution in [3.8, 4) is 11.5 Å². The maximum atomic E-state index is 13.6. The normalized spacial score (nSPS) is 14.9. The molecule has 21 heavy (non-hydrogen) atoms. The third-order valence-electron chi connectivity index (χ3n) is 3.33. The molecule has 0 saturated carbocycles. The molecule has 1 atom stereocenters. The average molecular weight is 356 g/mol. The third-order valence-corrected chi connectivity index (χ3v) is 4.13. The molecule has 0 aliphatic carbocycles. The van der Waals surface area contributed by atoms with E-state index < -0.39 is 17.7 Å². The van der Waals surface area contributed by atoms with E-state index in [0.29, 0.717) is 30.3 Å². The Morgan fingerprint density at radius 3 is 2.52 bits per heavy atom. The lowest BCUT2D eigenvalue weighted by Crippen LogP contribution is -2.17. The minimum atomic E-state index is -0.944. The lowest BCUT2D eigenvalue weighted by molar-refractivity contribution is 0.171. The zero-order chi connectivity index (χ0) is 15.0. The molecule has 3 rings (SSSR count). The lowest BCUT2D eigenvalue weighted by Gasteiger charge is -2.21. The highest BCUT2D eigenvalue weighted by Crippen LogP contribution is 2.35. The summed E-state index contributed by atoms with van der Waals surface area (Å²) in [6.07, 6.45) is 0. The monoisotopic (exact) mass is 355 g/mol. The number of fused-ring (bicyclic) bond motifs is 1. The summed E-state index contributed by atoms with van der Waals surface area (Å²) >= 11 is 3.05. The van der Waals surface area contributed by atoms with Crippen LogP contribution < -0.4 is 15.2 Å². The van der Waals surface area contributed by atoms with Crippen LogP contribution >= 0.6 is 15.9 Å². The number of rotatable bonds is 2. The van der Waals surface area contributed by atoms with Gasteiger partial charge in [-0.05, 0) is 45.3 Å². The summed E-state index contributed by atoms with van der Waals surface area (Å²) in [5, 5.41) is 0. The van der Waals surface area contributed by atoms with Crippen molar-refractivity contribution in [3.05, 3.63) is 57.6 Å². The largest absolute Gasteiger partial charge is 0.486 e. The Kier molecular flexibility index (Phi) is 3.82. The summed E-state index contributed by atoms with van der Waals surface area (Å²) in [7, 11) is 0. The first-order valence-corrected chi connectivity index (χ1v) is 7.15. The molecule has 1 heterocycles. The van der Waals surface area contributed by atoms with Gasteiger partial charge in [-0.1, -0.05) is 12.1 Å². The second-order valence-corrected chi connectivity index (χ2v) is 5.44. The molecule has 2 aromatic carbocycles. The van der Waals surface area contributed by atoms with E-state index in [2.05, 4.69) is 15.9 Å². The van der Waals surface area contributed by atoms with Crippen molar-refractivity contribution in [1.29, 1.82) is 0 Å². The fourth-order valence-electron chi connectivity index (χ4n) is 2.21. The number of nitrogens with two attached hydrogens (primary N) is 1. The van der Waals surface area contributed by atoms with Crippen LogP contribution in [0.2, 0.25) is 0 Å². The second kappa shape index (κ2) is 5.61. The van der Waals surface area contributed by atoms with Gasteiger partial charge in [0.05, 0.1) is 10.5 Å². The SMILES string of the molecule is NC(c1ccc2c(c1)OCCO2)c1ccc(F)c(F)c1Br. The van der Waals surface area contributed by atoms with Crippen molar-refractivity contribution < 1.29 is 18.3 Å². The highest BCUT2D eigenvalue weighted by molar-refractivity contribution is 9.10. The van der Waals surface area contributed by atoms with Gasteiger partial charge in [0, 0.05) is 0 Å². The van der Waals surface area contributed by atoms with Crippen LogP contribution in [-0.4, -0.2) is 13.2 Å². The topological polar surface area (TPSA) is 44.5 Å². The molecule has 1 unspecified atom stereocenters. The molecule has 110 valence electrons. The van der Waals surface area contributed by atoms with Gasteiger partial charge in [0.1, 0.15) is 13.2 Å². The third kappa shape index (κ3) is 2.61. The first-order chi connectivity index (χ1) is 10.1. The Hall–Kier alpha value is -1.66. The van der Waals surface area contributed by atoms with Crippen LogP contribution in [0, 0.1) is 11.6 Å². The van der Waals surface area contributed by atoms with E-state index in [4.69, 9.17) is 15.2 Å². The van der Waals surface area contributed by atoms with Gasteiger partial charge in [0.25, 0.3) is 0 Å². The van der Waals surface area contributed by atoms with Gasteiger partial charge in [-0.15, -0.1) is 0 Å². The standard InChI is InChI=1S/C15H12BrF2NO2/c16-13-9(2-3-10(17)14(13)18)15(19)8-1-4-11-12(7-8)21-6-5-20-11/h1-4,7,15H,5-6,19H2. The maximum absolute atomic E-state index is 13.6.